The number of hydrogen-bond donors (Lipinski definition) is 2. The maximum atomic E-state index is 8.69. The average molecular weight is 140 g/mol. The fourth-order valence-electron chi connectivity index (χ4n) is 0.606. The van der Waals surface area contributed by atoms with Gasteiger partial charge in [-0.25, -0.2) is 0 Å². The zero-order valence-corrected chi connectivity index (χ0v) is 6.41. The van der Waals surface area contributed by atoms with Crippen molar-refractivity contribution in [3.05, 3.63) is 23.7 Å². The Kier molecular flexibility index (Phi) is 4.98. The summed E-state index contributed by atoms with van der Waals surface area (Å²) in [5, 5.41) is 17.4. The SMILES string of the molecule is C/C=C\C=C(/CC)B(O)O. The Morgan fingerprint density at radius 2 is 2.10 bits per heavy atom. The normalized spacial score (nSPS) is 12.6. The lowest BCUT2D eigenvalue weighted by molar-refractivity contribution is 0.417. The Morgan fingerprint density at radius 3 is 2.40 bits per heavy atom. The molecule has 0 amide bonds. The lowest BCUT2D eigenvalue weighted by Gasteiger charge is -1.98. The summed E-state index contributed by atoms with van der Waals surface area (Å²) in [4.78, 5) is 0. The predicted molar refractivity (Wildman–Crippen MR) is 43.4 cm³/mol. The van der Waals surface area contributed by atoms with Gasteiger partial charge in [-0.15, -0.1) is 0 Å². The van der Waals surface area contributed by atoms with E-state index in [0.29, 0.717) is 11.9 Å². The lowest BCUT2D eigenvalue weighted by atomic mass is 9.77. The summed E-state index contributed by atoms with van der Waals surface area (Å²) < 4.78 is 0. The molecule has 2 N–H and O–H groups in total. The van der Waals surface area contributed by atoms with Gasteiger partial charge in [0.2, 0.25) is 0 Å². The third kappa shape index (κ3) is 3.48. The Bertz CT molecular complexity index is 139. The van der Waals surface area contributed by atoms with Crippen LogP contribution < -0.4 is 0 Å². The van der Waals surface area contributed by atoms with E-state index < -0.39 is 7.12 Å². The molecule has 0 aromatic carbocycles. The highest BCUT2D eigenvalue weighted by Gasteiger charge is 2.10. The fraction of sp³-hybridized carbons (Fsp3) is 0.429. The second-order valence-electron chi connectivity index (χ2n) is 1.99. The predicted octanol–water partition coefficient (Wildman–Crippen LogP) is 0.911. The van der Waals surface area contributed by atoms with Gasteiger partial charge in [-0.3, -0.25) is 0 Å². The largest absolute Gasteiger partial charge is 0.484 e. The van der Waals surface area contributed by atoms with Crippen LogP contribution in [0.3, 0.4) is 0 Å². The monoisotopic (exact) mass is 140 g/mol. The minimum absolute atomic E-state index is 0.637. The Balaban J connectivity index is 4.04. The van der Waals surface area contributed by atoms with Gasteiger partial charge in [0.05, 0.1) is 0 Å². The number of allylic oxidation sites excluding steroid dienone is 4. The Morgan fingerprint density at radius 1 is 1.50 bits per heavy atom. The van der Waals surface area contributed by atoms with Crippen LogP contribution in [0.5, 0.6) is 0 Å². The highest BCUT2D eigenvalue weighted by atomic mass is 16.4. The fourth-order valence-corrected chi connectivity index (χ4v) is 0.606. The van der Waals surface area contributed by atoms with Gasteiger partial charge >= 0.3 is 7.12 Å². The van der Waals surface area contributed by atoms with Crippen molar-refractivity contribution in [2.75, 3.05) is 0 Å². The molecule has 0 aliphatic heterocycles. The lowest BCUT2D eigenvalue weighted by Crippen LogP contribution is -2.14. The molecule has 0 saturated carbocycles. The summed E-state index contributed by atoms with van der Waals surface area (Å²) in [7, 11) is -1.30. The molecule has 0 heterocycles. The summed E-state index contributed by atoms with van der Waals surface area (Å²) in [6.07, 6.45) is 6.02. The molecule has 0 radical (unpaired) electrons. The van der Waals surface area contributed by atoms with Crippen LogP contribution in [-0.4, -0.2) is 17.2 Å². The molecule has 0 atom stereocenters. The third-order valence-corrected chi connectivity index (χ3v) is 1.24. The molecule has 0 bridgehead atoms. The van der Waals surface area contributed by atoms with E-state index in [0.717, 1.165) is 0 Å². The standard InChI is InChI=1S/C7H13BO2/c1-3-5-6-7(4-2)8(9)10/h3,5-6,9-10H,4H2,1-2H3/b5-3-,7-6+. The van der Waals surface area contributed by atoms with Crippen LogP contribution in [0, 0.1) is 0 Å². The van der Waals surface area contributed by atoms with Crippen LogP contribution in [0.1, 0.15) is 20.3 Å². The molecule has 0 fully saturated rings. The molecule has 3 heteroatoms. The van der Waals surface area contributed by atoms with E-state index in [-0.39, 0.29) is 0 Å². The van der Waals surface area contributed by atoms with Gasteiger partial charge in [0.15, 0.2) is 0 Å². The van der Waals surface area contributed by atoms with E-state index in [1.807, 2.05) is 19.9 Å². The second-order valence-corrected chi connectivity index (χ2v) is 1.99. The van der Waals surface area contributed by atoms with E-state index >= 15 is 0 Å². The van der Waals surface area contributed by atoms with E-state index in [1.165, 1.54) is 0 Å². The van der Waals surface area contributed by atoms with Crippen molar-refractivity contribution in [2.24, 2.45) is 0 Å². The highest BCUT2D eigenvalue weighted by molar-refractivity contribution is 6.50. The van der Waals surface area contributed by atoms with Crippen LogP contribution >= 0.6 is 0 Å². The maximum absolute atomic E-state index is 8.69. The van der Waals surface area contributed by atoms with E-state index in [2.05, 4.69) is 0 Å². The molecular formula is C7H13BO2. The van der Waals surface area contributed by atoms with Crippen LogP contribution in [0.2, 0.25) is 0 Å². The van der Waals surface area contributed by atoms with Gasteiger partial charge in [-0.2, -0.15) is 0 Å². The van der Waals surface area contributed by atoms with Crippen molar-refractivity contribution in [1.29, 1.82) is 0 Å². The summed E-state index contributed by atoms with van der Waals surface area (Å²) in [6, 6.07) is 0. The van der Waals surface area contributed by atoms with Crippen molar-refractivity contribution in [2.45, 2.75) is 20.3 Å². The minimum Gasteiger partial charge on any atom is -0.423 e. The summed E-state index contributed by atoms with van der Waals surface area (Å²) in [5.41, 5.74) is 0.637. The summed E-state index contributed by atoms with van der Waals surface area (Å²) in [6.45, 7) is 3.77. The zero-order valence-electron chi connectivity index (χ0n) is 6.41. The van der Waals surface area contributed by atoms with Gasteiger partial charge in [-0.1, -0.05) is 25.2 Å². The van der Waals surface area contributed by atoms with E-state index in [4.69, 9.17) is 10.0 Å². The van der Waals surface area contributed by atoms with Crippen LogP contribution in [0.15, 0.2) is 23.7 Å². The molecule has 0 spiro atoms. The first-order chi connectivity index (χ1) is 4.72. The van der Waals surface area contributed by atoms with Gasteiger partial charge in [0.25, 0.3) is 0 Å². The summed E-state index contributed by atoms with van der Waals surface area (Å²) in [5.74, 6) is 0. The molecule has 0 unspecified atom stereocenters. The van der Waals surface area contributed by atoms with Gasteiger partial charge in [0, 0.05) is 0 Å². The highest BCUT2D eigenvalue weighted by Crippen LogP contribution is 2.01. The first kappa shape index (κ1) is 9.46. The molecule has 56 valence electrons. The van der Waals surface area contributed by atoms with Crippen molar-refractivity contribution >= 4 is 7.12 Å². The van der Waals surface area contributed by atoms with Crippen molar-refractivity contribution in [3.8, 4) is 0 Å². The Hall–Kier alpha value is -0.535. The number of hydrogen-bond acceptors (Lipinski definition) is 2. The summed E-state index contributed by atoms with van der Waals surface area (Å²) >= 11 is 0. The molecule has 0 rings (SSSR count). The second kappa shape index (κ2) is 5.27. The average Bonchev–Trinajstić information content (AvgIpc) is 1.89. The van der Waals surface area contributed by atoms with Gasteiger partial charge < -0.3 is 10.0 Å². The van der Waals surface area contributed by atoms with Gasteiger partial charge in [0.1, 0.15) is 0 Å². The third-order valence-electron chi connectivity index (χ3n) is 1.24. The molecule has 0 aromatic rings. The first-order valence-corrected chi connectivity index (χ1v) is 3.40. The molecule has 0 aliphatic carbocycles. The molecule has 2 nitrogen and oxygen atoms in total. The molecule has 0 aliphatic rings. The first-order valence-electron chi connectivity index (χ1n) is 3.40. The molecule has 0 aromatic heterocycles. The molecule has 10 heavy (non-hydrogen) atoms. The minimum atomic E-state index is -1.30. The van der Waals surface area contributed by atoms with E-state index in [9.17, 15) is 0 Å². The maximum Gasteiger partial charge on any atom is 0.484 e. The van der Waals surface area contributed by atoms with Gasteiger partial charge in [-0.05, 0) is 18.8 Å². The zero-order chi connectivity index (χ0) is 7.98. The van der Waals surface area contributed by atoms with Crippen molar-refractivity contribution in [1.82, 2.24) is 0 Å². The smallest absolute Gasteiger partial charge is 0.423 e. The molecular weight excluding hydrogens is 127 g/mol. The van der Waals surface area contributed by atoms with Crippen molar-refractivity contribution < 1.29 is 10.0 Å². The van der Waals surface area contributed by atoms with Crippen molar-refractivity contribution in [3.63, 3.8) is 0 Å². The van der Waals surface area contributed by atoms with Crippen LogP contribution in [-0.2, 0) is 0 Å². The Labute approximate surface area is 62.0 Å². The molecule has 0 saturated heterocycles. The number of rotatable bonds is 3. The van der Waals surface area contributed by atoms with Crippen LogP contribution in [0.4, 0.5) is 0 Å². The van der Waals surface area contributed by atoms with Crippen LogP contribution in [0.25, 0.3) is 0 Å². The van der Waals surface area contributed by atoms with E-state index in [1.54, 1.807) is 12.2 Å². The topological polar surface area (TPSA) is 40.5 Å². The quantitative estimate of drug-likeness (QED) is 0.451.